The quantitative estimate of drug-likeness (QED) is 0.595. The van der Waals surface area contributed by atoms with Crippen LogP contribution in [0.15, 0.2) is 0 Å². The smallest absolute Gasteiger partial charge is 0.240 e. The zero-order valence-corrected chi connectivity index (χ0v) is 14.5. The molecule has 0 radical (unpaired) electrons. The van der Waals surface area contributed by atoms with E-state index >= 15 is 0 Å². The van der Waals surface area contributed by atoms with Crippen LogP contribution in [-0.2, 0) is 4.79 Å². The largest absolute Gasteiger partial charge is 0.355 e. The molecule has 0 saturated carbocycles. The zero-order valence-electron chi connectivity index (χ0n) is 14.5. The van der Waals surface area contributed by atoms with Gasteiger partial charge in [0.2, 0.25) is 5.91 Å². The molecule has 4 heteroatoms. The van der Waals surface area contributed by atoms with E-state index in [0.29, 0.717) is 25.4 Å². The van der Waals surface area contributed by atoms with Gasteiger partial charge in [0.05, 0.1) is 6.07 Å². The Kier molecular flexibility index (Phi) is 10.1. The average Bonchev–Trinajstić information content (AvgIpc) is 2.45. The maximum absolute atomic E-state index is 12.3. The highest BCUT2D eigenvalue weighted by molar-refractivity contribution is 5.85. The first-order chi connectivity index (χ1) is 9.93. The SMILES string of the molecule is CCCC(C#N)(CCC)C(=O)NCCCCN(C)C(C)C. The fourth-order valence-corrected chi connectivity index (χ4v) is 2.48. The number of nitrogens with zero attached hydrogens (tertiary/aromatic N) is 2. The first-order valence-corrected chi connectivity index (χ1v) is 8.33. The second kappa shape index (κ2) is 10.6. The van der Waals surface area contributed by atoms with Crippen LogP contribution in [0.1, 0.15) is 66.2 Å². The number of hydrogen-bond donors (Lipinski definition) is 1. The molecule has 1 amide bonds. The lowest BCUT2D eigenvalue weighted by atomic mass is 9.80. The van der Waals surface area contributed by atoms with Gasteiger partial charge in [-0.15, -0.1) is 0 Å². The van der Waals surface area contributed by atoms with Crippen molar-refractivity contribution in [2.75, 3.05) is 20.1 Å². The molecule has 0 aliphatic rings. The molecule has 0 heterocycles. The van der Waals surface area contributed by atoms with Crippen LogP contribution in [0.4, 0.5) is 0 Å². The Morgan fingerprint density at radius 2 is 1.81 bits per heavy atom. The summed E-state index contributed by atoms with van der Waals surface area (Å²) in [4.78, 5) is 14.6. The van der Waals surface area contributed by atoms with Gasteiger partial charge in [0.25, 0.3) is 0 Å². The van der Waals surface area contributed by atoms with E-state index < -0.39 is 5.41 Å². The molecule has 0 aromatic carbocycles. The summed E-state index contributed by atoms with van der Waals surface area (Å²) in [5.41, 5.74) is -0.821. The third kappa shape index (κ3) is 6.95. The maximum atomic E-state index is 12.3. The van der Waals surface area contributed by atoms with Crippen molar-refractivity contribution in [3.8, 4) is 6.07 Å². The van der Waals surface area contributed by atoms with Crippen molar-refractivity contribution in [1.82, 2.24) is 10.2 Å². The third-order valence-corrected chi connectivity index (χ3v) is 4.11. The number of amides is 1. The van der Waals surface area contributed by atoms with Gasteiger partial charge in [0.1, 0.15) is 5.41 Å². The number of carbonyl (C=O) groups excluding carboxylic acids is 1. The molecule has 0 aliphatic carbocycles. The van der Waals surface area contributed by atoms with E-state index in [1.165, 1.54) is 0 Å². The molecule has 0 aromatic rings. The van der Waals surface area contributed by atoms with Crippen LogP contribution < -0.4 is 5.32 Å². The Bertz CT molecular complexity index is 327. The number of hydrogen-bond acceptors (Lipinski definition) is 3. The van der Waals surface area contributed by atoms with Crippen molar-refractivity contribution in [2.24, 2.45) is 5.41 Å². The van der Waals surface area contributed by atoms with E-state index in [1.54, 1.807) is 0 Å². The average molecular weight is 295 g/mol. The van der Waals surface area contributed by atoms with Crippen LogP contribution in [0.2, 0.25) is 0 Å². The lowest BCUT2D eigenvalue weighted by Gasteiger charge is -2.25. The summed E-state index contributed by atoms with van der Waals surface area (Å²) < 4.78 is 0. The van der Waals surface area contributed by atoms with Gasteiger partial charge in [-0.05, 0) is 53.1 Å². The molecule has 0 atom stereocenters. The Morgan fingerprint density at radius 3 is 2.24 bits per heavy atom. The van der Waals surface area contributed by atoms with Crippen molar-refractivity contribution < 1.29 is 4.79 Å². The molecular formula is C17H33N3O. The number of rotatable bonds is 11. The van der Waals surface area contributed by atoms with E-state index in [4.69, 9.17) is 0 Å². The van der Waals surface area contributed by atoms with Crippen LogP contribution >= 0.6 is 0 Å². The number of nitriles is 1. The topological polar surface area (TPSA) is 56.1 Å². The fourth-order valence-electron chi connectivity index (χ4n) is 2.48. The summed E-state index contributed by atoms with van der Waals surface area (Å²) in [5, 5.41) is 12.4. The third-order valence-electron chi connectivity index (χ3n) is 4.11. The predicted octanol–water partition coefficient (Wildman–Crippen LogP) is 3.33. The lowest BCUT2D eigenvalue weighted by Crippen LogP contribution is -2.40. The number of unbranched alkanes of at least 4 members (excludes halogenated alkanes) is 1. The molecule has 0 aromatic heterocycles. The standard InChI is InChI=1S/C17H33N3O/c1-6-10-17(14-18,11-7-2)16(21)19-12-8-9-13-20(5)15(3)4/h15H,6-13H2,1-5H3,(H,19,21). The molecule has 4 nitrogen and oxygen atoms in total. The van der Waals surface area contributed by atoms with Gasteiger partial charge in [-0.2, -0.15) is 5.26 Å². The molecule has 0 bridgehead atoms. The molecular weight excluding hydrogens is 262 g/mol. The highest BCUT2D eigenvalue weighted by atomic mass is 16.2. The van der Waals surface area contributed by atoms with Crippen molar-refractivity contribution in [3.63, 3.8) is 0 Å². The normalized spacial score (nSPS) is 11.7. The Hall–Kier alpha value is -1.08. The van der Waals surface area contributed by atoms with Gasteiger partial charge in [-0.1, -0.05) is 26.7 Å². The molecule has 122 valence electrons. The zero-order chi connectivity index (χ0) is 16.3. The highest BCUT2D eigenvalue weighted by Crippen LogP contribution is 2.29. The second-order valence-corrected chi connectivity index (χ2v) is 6.23. The Labute approximate surface area is 130 Å². The van der Waals surface area contributed by atoms with Crippen molar-refractivity contribution in [1.29, 1.82) is 5.26 Å². The summed E-state index contributed by atoms with van der Waals surface area (Å²) in [5.74, 6) is -0.0779. The molecule has 0 spiro atoms. The maximum Gasteiger partial charge on any atom is 0.240 e. The first-order valence-electron chi connectivity index (χ1n) is 8.33. The van der Waals surface area contributed by atoms with Gasteiger partial charge in [-0.25, -0.2) is 0 Å². The van der Waals surface area contributed by atoms with Gasteiger partial charge in [0, 0.05) is 12.6 Å². The van der Waals surface area contributed by atoms with Crippen LogP contribution in [0.3, 0.4) is 0 Å². The van der Waals surface area contributed by atoms with E-state index in [-0.39, 0.29) is 5.91 Å². The van der Waals surface area contributed by atoms with Crippen molar-refractivity contribution in [2.45, 2.75) is 72.3 Å². The summed E-state index contributed by atoms with van der Waals surface area (Å²) >= 11 is 0. The summed E-state index contributed by atoms with van der Waals surface area (Å²) in [6, 6.07) is 2.83. The minimum absolute atomic E-state index is 0.0779. The van der Waals surface area contributed by atoms with Crippen LogP contribution in [0.25, 0.3) is 0 Å². The summed E-state index contributed by atoms with van der Waals surface area (Å²) in [6.07, 6.45) is 5.05. The second-order valence-electron chi connectivity index (χ2n) is 6.23. The molecule has 0 saturated heterocycles. The molecule has 1 N–H and O–H groups in total. The fraction of sp³-hybridized carbons (Fsp3) is 0.882. The van der Waals surface area contributed by atoms with Crippen LogP contribution in [-0.4, -0.2) is 37.0 Å². The number of nitrogens with one attached hydrogen (secondary N) is 1. The van der Waals surface area contributed by atoms with Gasteiger partial charge >= 0.3 is 0 Å². The van der Waals surface area contributed by atoms with Crippen molar-refractivity contribution >= 4 is 5.91 Å². The Balaban J connectivity index is 4.19. The van der Waals surface area contributed by atoms with Gasteiger partial charge < -0.3 is 10.2 Å². The van der Waals surface area contributed by atoms with E-state index in [9.17, 15) is 10.1 Å². The molecule has 0 rings (SSSR count). The minimum Gasteiger partial charge on any atom is -0.355 e. The van der Waals surface area contributed by atoms with E-state index in [1.807, 2.05) is 13.8 Å². The van der Waals surface area contributed by atoms with Gasteiger partial charge in [0.15, 0.2) is 0 Å². The molecule has 21 heavy (non-hydrogen) atoms. The Morgan fingerprint density at radius 1 is 1.24 bits per heavy atom. The molecule has 0 fully saturated rings. The molecule has 0 aliphatic heterocycles. The summed E-state index contributed by atoms with van der Waals surface area (Å²) in [7, 11) is 2.12. The lowest BCUT2D eigenvalue weighted by molar-refractivity contribution is -0.128. The van der Waals surface area contributed by atoms with E-state index in [2.05, 4.69) is 37.2 Å². The minimum atomic E-state index is -0.821. The van der Waals surface area contributed by atoms with Crippen LogP contribution in [0, 0.1) is 16.7 Å². The monoisotopic (exact) mass is 295 g/mol. The first kappa shape index (κ1) is 19.9. The number of carbonyl (C=O) groups is 1. The summed E-state index contributed by atoms with van der Waals surface area (Å²) in [6.45, 7) is 10.1. The van der Waals surface area contributed by atoms with Crippen molar-refractivity contribution in [3.05, 3.63) is 0 Å². The predicted molar refractivity (Wildman–Crippen MR) is 87.9 cm³/mol. The van der Waals surface area contributed by atoms with E-state index in [0.717, 1.165) is 32.2 Å². The highest BCUT2D eigenvalue weighted by Gasteiger charge is 2.36. The van der Waals surface area contributed by atoms with Gasteiger partial charge in [-0.3, -0.25) is 4.79 Å². The molecule has 0 unspecified atom stereocenters. The van der Waals surface area contributed by atoms with Crippen LogP contribution in [0.5, 0.6) is 0 Å².